The zero-order valence-corrected chi connectivity index (χ0v) is 17.7. The minimum Gasteiger partial charge on any atom is -0.493 e. The summed E-state index contributed by atoms with van der Waals surface area (Å²) in [6, 6.07) is 8.60. The van der Waals surface area contributed by atoms with Crippen LogP contribution in [-0.4, -0.2) is 13.2 Å². The van der Waals surface area contributed by atoms with Crippen molar-refractivity contribution < 1.29 is 13.9 Å². The molecule has 152 valence electrons. The van der Waals surface area contributed by atoms with E-state index >= 15 is 0 Å². The van der Waals surface area contributed by atoms with Gasteiger partial charge >= 0.3 is 5.63 Å². The van der Waals surface area contributed by atoms with E-state index in [4.69, 9.17) is 37.1 Å². The Hall–Kier alpha value is -2.37. The molecule has 0 spiro atoms. The van der Waals surface area contributed by atoms with Crippen molar-refractivity contribution in [3.05, 3.63) is 56.4 Å². The molecular weight excluding hydrogens is 413 g/mol. The van der Waals surface area contributed by atoms with Crippen molar-refractivity contribution in [1.29, 1.82) is 0 Å². The normalized spacial score (nSPS) is 14.3. The molecule has 3 aromatic rings. The zero-order valence-electron chi connectivity index (χ0n) is 16.2. The number of nitrogens with one attached hydrogen (secondary N) is 1. The van der Waals surface area contributed by atoms with E-state index in [-0.39, 0.29) is 6.10 Å². The molecule has 0 saturated heterocycles. The first kappa shape index (κ1) is 19.9. The summed E-state index contributed by atoms with van der Waals surface area (Å²) in [5, 5.41) is 4.83. The number of hydrogen-bond donors (Lipinski definition) is 1. The van der Waals surface area contributed by atoms with E-state index in [0.717, 1.165) is 31.2 Å². The van der Waals surface area contributed by atoms with Crippen LogP contribution in [0.1, 0.15) is 31.2 Å². The SMILES string of the molecule is COc1ccc2c(Nc3c(Cl)ccc(C)c3Cl)cc(=O)oc2c1OC1CCCC1. The predicted octanol–water partition coefficient (Wildman–Crippen LogP) is 6.48. The first-order valence-corrected chi connectivity index (χ1v) is 10.3. The summed E-state index contributed by atoms with van der Waals surface area (Å²) in [7, 11) is 1.56. The van der Waals surface area contributed by atoms with Crippen molar-refractivity contribution in [3.8, 4) is 11.5 Å². The van der Waals surface area contributed by atoms with Gasteiger partial charge < -0.3 is 19.2 Å². The average Bonchev–Trinajstić information content (AvgIpc) is 3.21. The Labute approximate surface area is 178 Å². The Bertz CT molecular complexity index is 1120. The maximum atomic E-state index is 12.4. The van der Waals surface area contributed by atoms with Gasteiger partial charge in [-0.3, -0.25) is 0 Å². The van der Waals surface area contributed by atoms with Crippen molar-refractivity contribution in [3.63, 3.8) is 0 Å². The molecule has 1 heterocycles. The Morgan fingerprint density at radius 1 is 1.14 bits per heavy atom. The van der Waals surface area contributed by atoms with Gasteiger partial charge in [-0.05, 0) is 56.4 Å². The van der Waals surface area contributed by atoms with E-state index in [1.165, 1.54) is 6.07 Å². The van der Waals surface area contributed by atoms with Gasteiger partial charge in [0.1, 0.15) is 0 Å². The van der Waals surface area contributed by atoms with Gasteiger partial charge in [-0.2, -0.15) is 0 Å². The van der Waals surface area contributed by atoms with E-state index in [1.807, 2.05) is 19.1 Å². The highest BCUT2D eigenvalue weighted by Gasteiger charge is 2.23. The van der Waals surface area contributed by atoms with Crippen LogP contribution in [0.15, 0.2) is 39.5 Å². The van der Waals surface area contributed by atoms with Crippen molar-refractivity contribution >= 4 is 45.5 Å². The van der Waals surface area contributed by atoms with Crippen LogP contribution in [0.5, 0.6) is 11.5 Å². The van der Waals surface area contributed by atoms with Crippen LogP contribution in [-0.2, 0) is 0 Å². The summed E-state index contributed by atoms with van der Waals surface area (Å²) in [5.41, 5.74) is 1.77. The molecule has 1 aromatic heterocycles. The van der Waals surface area contributed by atoms with E-state index in [2.05, 4.69) is 5.32 Å². The minimum absolute atomic E-state index is 0.0806. The molecule has 0 amide bonds. The Morgan fingerprint density at radius 2 is 1.90 bits per heavy atom. The number of hydrogen-bond acceptors (Lipinski definition) is 5. The Kier molecular flexibility index (Phi) is 5.61. The van der Waals surface area contributed by atoms with E-state index in [1.54, 1.807) is 19.2 Å². The number of benzene rings is 2. The van der Waals surface area contributed by atoms with E-state index in [0.29, 0.717) is 43.9 Å². The van der Waals surface area contributed by atoms with Crippen molar-refractivity contribution in [2.24, 2.45) is 0 Å². The molecule has 7 heteroatoms. The summed E-state index contributed by atoms with van der Waals surface area (Å²) < 4.78 is 17.2. The molecule has 0 aliphatic heterocycles. The van der Waals surface area contributed by atoms with E-state index < -0.39 is 5.63 Å². The standard InChI is InChI=1S/C22H21Cl2NO4/c1-12-7-9-15(23)20(19(12)24)25-16-11-18(26)29-21-14(16)8-10-17(27-2)22(21)28-13-5-3-4-6-13/h7-11,13,25H,3-6H2,1-2H3. The smallest absolute Gasteiger partial charge is 0.338 e. The van der Waals surface area contributed by atoms with Gasteiger partial charge in [-0.25, -0.2) is 4.79 Å². The second kappa shape index (κ2) is 8.17. The fourth-order valence-corrected chi connectivity index (χ4v) is 4.10. The zero-order chi connectivity index (χ0) is 20.5. The van der Waals surface area contributed by atoms with Gasteiger partial charge in [0, 0.05) is 11.5 Å². The summed E-state index contributed by atoms with van der Waals surface area (Å²) in [6.45, 7) is 1.89. The maximum Gasteiger partial charge on any atom is 0.338 e. The molecule has 0 radical (unpaired) electrons. The molecule has 0 atom stereocenters. The molecule has 29 heavy (non-hydrogen) atoms. The van der Waals surface area contributed by atoms with Gasteiger partial charge in [0.2, 0.25) is 5.75 Å². The molecule has 1 saturated carbocycles. The molecule has 0 bridgehead atoms. The lowest BCUT2D eigenvalue weighted by atomic mass is 10.1. The van der Waals surface area contributed by atoms with Crippen molar-refractivity contribution in [1.82, 2.24) is 0 Å². The van der Waals surface area contributed by atoms with Gasteiger partial charge in [0.25, 0.3) is 0 Å². The third kappa shape index (κ3) is 3.89. The number of aryl methyl sites for hydroxylation is 1. The Morgan fingerprint density at radius 3 is 2.62 bits per heavy atom. The van der Waals surface area contributed by atoms with Crippen molar-refractivity contribution in [2.75, 3.05) is 12.4 Å². The highest BCUT2D eigenvalue weighted by molar-refractivity contribution is 6.39. The Balaban J connectivity index is 1.86. The van der Waals surface area contributed by atoms with E-state index in [9.17, 15) is 4.79 Å². The fourth-order valence-electron chi connectivity index (χ4n) is 3.64. The predicted molar refractivity (Wildman–Crippen MR) is 116 cm³/mol. The average molecular weight is 434 g/mol. The summed E-state index contributed by atoms with van der Waals surface area (Å²) in [5.74, 6) is 0.968. The van der Waals surface area contributed by atoms with Crippen LogP contribution in [0, 0.1) is 6.92 Å². The highest BCUT2D eigenvalue weighted by Crippen LogP contribution is 2.42. The summed E-state index contributed by atoms with van der Waals surface area (Å²) in [4.78, 5) is 12.4. The number of rotatable bonds is 5. The lowest BCUT2D eigenvalue weighted by Gasteiger charge is -2.18. The summed E-state index contributed by atoms with van der Waals surface area (Å²) >= 11 is 12.8. The molecular formula is C22H21Cl2NO4. The first-order valence-electron chi connectivity index (χ1n) is 9.51. The van der Waals surface area contributed by atoms with Crippen LogP contribution in [0.3, 0.4) is 0 Å². The van der Waals surface area contributed by atoms with Crippen molar-refractivity contribution in [2.45, 2.75) is 38.7 Å². The molecule has 1 fully saturated rings. The molecule has 1 N–H and O–H groups in total. The molecule has 1 aliphatic rings. The lowest BCUT2D eigenvalue weighted by Crippen LogP contribution is -2.12. The summed E-state index contributed by atoms with van der Waals surface area (Å²) in [6.07, 6.45) is 4.27. The van der Waals surface area contributed by atoms with Crippen LogP contribution < -0.4 is 20.4 Å². The second-order valence-electron chi connectivity index (χ2n) is 7.16. The van der Waals surface area contributed by atoms with Gasteiger partial charge in [-0.1, -0.05) is 29.3 Å². The monoisotopic (exact) mass is 433 g/mol. The lowest BCUT2D eigenvalue weighted by molar-refractivity contribution is 0.200. The highest BCUT2D eigenvalue weighted by atomic mass is 35.5. The van der Waals surface area contributed by atoms with Gasteiger partial charge in [0.05, 0.1) is 34.6 Å². The third-order valence-electron chi connectivity index (χ3n) is 5.18. The molecule has 2 aromatic carbocycles. The van der Waals surface area contributed by atoms with Crippen LogP contribution in [0.25, 0.3) is 11.0 Å². The number of ether oxygens (including phenoxy) is 2. The first-order chi connectivity index (χ1) is 14.0. The number of anilines is 2. The van der Waals surface area contributed by atoms with Crippen LogP contribution in [0.4, 0.5) is 11.4 Å². The quantitative estimate of drug-likeness (QED) is 0.466. The van der Waals surface area contributed by atoms with Gasteiger partial charge in [0.15, 0.2) is 11.3 Å². The molecule has 1 aliphatic carbocycles. The fraction of sp³-hybridized carbons (Fsp3) is 0.318. The molecule has 0 unspecified atom stereocenters. The number of halogens is 2. The second-order valence-corrected chi connectivity index (χ2v) is 7.94. The van der Waals surface area contributed by atoms with Crippen LogP contribution >= 0.6 is 23.2 Å². The largest absolute Gasteiger partial charge is 0.493 e. The number of fused-ring (bicyclic) bond motifs is 1. The molecule has 4 rings (SSSR count). The maximum absolute atomic E-state index is 12.4. The van der Waals surface area contributed by atoms with Gasteiger partial charge in [-0.15, -0.1) is 0 Å². The third-order valence-corrected chi connectivity index (χ3v) is 5.98. The molecule has 5 nitrogen and oxygen atoms in total. The topological polar surface area (TPSA) is 60.7 Å². The minimum atomic E-state index is -0.510. The van der Waals surface area contributed by atoms with Crippen LogP contribution in [0.2, 0.25) is 10.0 Å². The number of methoxy groups -OCH3 is 1.